The molecule has 0 fully saturated rings. The number of rotatable bonds is 8. The highest BCUT2D eigenvalue weighted by Crippen LogP contribution is 2.19. The van der Waals surface area contributed by atoms with Crippen LogP contribution in [0.25, 0.3) is 11.5 Å². The SMILES string of the molecule is COCCCNc1nc(CNC(C)=O)cc(-c2ccco2)n1. The minimum Gasteiger partial charge on any atom is -0.463 e. The molecule has 0 aliphatic carbocycles. The van der Waals surface area contributed by atoms with Gasteiger partial charge in [0, 0.05) is 27.2 Å². The van der Waals surface area contributed by atoms with Gasteiger partial charge in [-0.2, -0.15) is 0 Å². The van der Waals surface area contributed by atoms with Crippen LogP contribution in [0.5, 0.6) is 0 Å². The summed E-state index contributed by atoms with van der Waals surface area (Å²) in [4.78, 5) is 19.9. The summed E-state index contributed by atoms with van der Waals surface area (Å²) in [7, 11) is 1.67. The molecule has 2 N–H and O–H groups in total. The number of nitrogens with zero attached hydrogens (tertiary/aromatic N) is 2. The van der Waals surface area contributed by atoms with Gasteiger partial charge in [0.25, 0.3) is 0 Å². The minimum absolute atomic E-state index is 0.104. The number of hydrogen-bond donors (Lipinski definition) is 2. The van der Waals surface area contributed by atoms with E-state index in [0.717, 1.165) is 6.42 Å². The zero-order valence-corrected chi connectivity index (χ0v) is 12.8. The van der Waals surface area contributed by atoms with Gasteiger partial charge in [-0.25, -0.2) is 9.97 Å². The van der Waals surface area contributed by atoms with Crippen LogP contribution in [-0.2, 0) is 16.1 Å². The molecule has 118 valence electrons. The molecule has 0 aromatic carbocycles. The van der Waals surface area contributed by atoms with Crippen molar-refractivity contribution in [1.29, 1.82) is 0 Å². The van der Waals surface area contributed by atoms with Crippen LogP contribution in [0.4, 0.5) is 5.95 Å². The minimum atomic E-state index is -0.104. The number of hydrogen-bond acceptors (Lipinski definition) is 6. The first-order valence-corrected chi connectivity index (χ1v) is 7.08. The summed E-state index contributed by atoms with van der Waals surface area (Å²) in [6.45, 7) is 3.19. The first-order valence-electron chi connectivity index (χ1n) is 7.08. The Hall–Kier alpha value is -2.41. The van der Waals surface area contributed by atoms with Gasteiger partial charge in [-0.3, -0.25) is 4.79 Å². The van der Waals surface area contributed by atoms with Crippen molar-refractivity contribution < 1.29 is 13.9 Å². The van der Waals surface area contributed by atoms with E-state index in [2.05, 4.69) is 20.6 Å². The molecule has 0 spiro atoms. The summed E-state index contributed by atoms with van der Waals surface area (Å²) in [5, 5.41) is 5.88. The molecule has 0 saturated carbocycles. The number of amides is 1. The highest BCUT2D eigenvalue weighted by Gasteiger charge is 2.09. The lowest BCUT2D eigenvalue weighted by molar-refractivity contribution is -0.119. The number of carbonyl (C=O) groups excluding carboxylic acids is 1. The van der Waals surface area contributed by atoms with Crippen molar-refractivity contribution in [2.75, 3.05) is 25.6 Å². The van der Waals surface area contributed by atoms with Crippen molar-refractivity contribution >= 4 is 11.9 Å². The third-order valence-corrected chi connectivity index (χ3v) is 2.88. The smallest absolute Gasteiger partial charge is 0.223 e. The highest BCUT2D eigenvalue weighted by molar-refractivity contribution is 5.72. The number of furan rings is 1. The van der Waals surface area contributed by atoms with Crippen LogP contribution in [0.2, 0.25) is 0 Å². The Morgan fingerprint density at radius 2 is 2.27 bits per heavy atom. The maximum absolute atomic E-state index is 11.1. The number of anilines is 1. The van der Waals surface area contributed by atoms with E-state index in [1.807, 2.05) is 6.07 Å². The summed E-state index contributed by atoms with van der Waals surface area (Å²) in [5.41, 5.74) is 1.39. The van der Waals surface area contributed by atoms with Crippen LogP contribution in [0, 0.1) is 0 Å². The van der Waals surface area contributed by atoms with Gasteiger partial charge in [-0.05, 0) is 24.6 Å². The average molecular weight is 304 g/mol. The van der Waals surface area contributed by atoms with Crippen molar-refractivity contribution in [2.24, 2.45) is 0 Å². The number of carbonyl (C=O) groups is 1. The molecule has 7 heteroatoms. The highest BCUT2D eigenvalue weighted by atomic mass is 16.5. The molecule has 2 aromatic rings. The summed E-state index contributed by atoms with van der Waals surface area (Å²) in [6, 6.07) is 5.44. The summed E-state index contributed by atoms with van der Waals surface area (Å²) in [6.07, 6.45) is 2.45. The Morgan fingerprint density at radius 1 is 1.41 bits per heavy atom. The lowest BCUT2D eigenvalue weighted by Crippen LogP contribution is -2.20. The van der Waals surface area contributed by atoms with E-state index in [1.165, 1.54) is 6.92 Å². The van der Waals surface area contributed by atoms with Crippen LogP contribution < -0.4 is 10.6 Å². The molecule has 0 aliphatic rings. The fourth-order valence-electron chi connectivity index (χ4n) is 1.85. The third kappa shape index (κ3) is 4.85. The van der Waals surface area contributed by atoms with Gasteiger partial charge in [0.1, 0.15) is 5.69 Å². The molecule has 1 amide bonds. The van der Waals surface area contributed by atoms with Crippen LogP contribution in [0.3, 0.4) is 0 Å². The van der Waals surface area contributed by atoms with Crippen LogP contribution in [0.15, 0.2) is 28.9 Å². The van der Waals surface area contributed by atoms with E-state index < -0.39 is 0 Å². The van der Waals surface area contributed by atoms with Crippen LogP contribution in [0.1, 0.15) is 19.0 Å². The summed E-state index contributed by atoms with van der Waals surface area (Å²) >= 11 is 0. The second-order valence-electron chi connectivity index (χ2n) is 4.73. The molecule has 0 atom stereocenters. The van der Waals surface area contributed by atoms with Crippen LogP contribution >= 0.6 is 0 Å². The normalized spacial score (nSPS) is 10.5. The lowest BCUT2D eigenvalue weighted by atomic mass is 10.2. The second-order valence-corrected chi connectivity index (χ2v) is 4.73. The molecule has 0 radical (unpaired) electrons. The monoisotopic (exact) mass is 304 g/mol. The molecule has 22 heavy (non-hydrogen) atoms. The molecule has 0 bridgehead atoms. The first kappa shape index (κ1) is 16.0. The maximum Gasteiger partial charge on any atom is 0.223 e. The average Bonchev–Trinajstić information content (AvgIpc) is 3.04. The number of methoxy groups -OCH3 is 1. The fourth-order valence-corrected chi connectivity index (χ4v) is 1.85. The molecule has 0 saturated heterocycles. The van der Waals surface area contributed by atoms with Crippen molar-refractivity contribution in [3.8, 4) is 11.5 Å². The topological polar surface area (TPSA) is 89.3 Å². The first-order chi connectivity index (χ1) is 10.7. The van der Waals surface area contributed by atoms with Crippen molar-refractivity contribution in [3.63, 3.8) is 0 Å². The van der Waals surface area contributed by atoms with Crippen molar-refractivity contribution in [3.05, 3.63) is 30.2 Å². The van der Waals surface area contributed by atoms with Crippen molar-refractivity contribution in [1.82, 2.24) is 15.3 Å². The van der Waals surface area contributed by atoms with E-state index in [0.29, 0.717) is 42.8 Å². The molecule has 2 rings (SSSR count). The number of ether oxygens (including phenoxy) is 1. The van der Waals surface area contributed by atoms with E-state index >= 15 is 0 Å². The fraction of sp³-hybridized carbons (Fsp3) is 0.400. The van der Waals surface area contributed by atoms with E-state index in [1.54, 1.807) is 25.5 Å². The molecular weight excluding hydrogens is 284 g/mol. The maximum atomic E-state index is 11.1. The van der Waals surface area contributed by atoms with Gasteiger partial charge in [-0.1, -0.05) is 0 Å². The van der Waals surface area contributed by atoms with Gasteiger partial charge < -0.3 is 19.8 Å². The molecule has 2 aromatic heterocycles. The Kier molecular flexibility index (Phi) is 5.91. The van der Waals surface area contributed by atoms with Gasteiger partial charge >= 0.3 is 0 Å². The van der Waals surface area contributed by atoms with E-state index in [-0.39, 0.29) is 5.91 Å². The van der Waals surface area contributed by atoms with Gasteiger partial charge in [0.05, 0.1) is 18.5 Å². The summed E-state index contributed by atoms with van der Waals surface area (Å²) in [5.74, 6) is 1.06. The Morgan fingerprint density at radius 3 is 2.95 bits per heavy atom. The van der Waals surface area contributed by atoms with E-state index in [4.69, 9.17) is 9.15 Å². The third-order valence-electron chi connectivity index (χ3n) is 2.88. The second kappa shape index (κ2) is 8.14. The summed E-state index contributed by atoms with van der Waals surface area (Å²) < 4.78 is 10.4. The van der Waals surface area contributed by atoms with Gasteiger partial charge in [-0.15, -0.1) is 0 Å². The van der Waals surface area contributed by atoms with Crippen molar-refractivity contribution in [2.45, 2.75) is 19.9 Å². The zero-order valence-electron chi connectivity index (χ0n) is 12.8. The van der Waals surface area contributed by atoms with Gasteiger partial charge in [0.15, 0.2) is 5.76 Å². The molecule has 2 heterocycles. The Bertz CT molecular complexity index is 599. The lowest BCUT2D eigenvalue weighted by Gasteiger charge is -2.09. The zero-order chi connectivity index (χ0) is 15.8. The predicted molar refractivity (Wildman–Crippen MR) is 82.2 cm³/mol. The molecule has 0 unspecified atom stereocenters. The number of nitrogens with one attached hydrogen (secondary N) is 2. The quantitative estimate of drug-likeness (QED) is 0.723. The molecular formula is C15H20N4O3. The van der Waals surface area contributed by atoms with E-state index in [9.17, 15) is 4.79 Å². The number of aromatic nitrogens is 2. The Balaban J connectivity index is 2.14. The largest absolute Gasteiger partial charge is 0.463 e. The molecule has 7 nitrogen and oxygen atoms in total. The van der Waals surface area contributed by atoms with Crippen LogP contribution in [-0.4, -0.2) is 36.1 Å². The Labute approximate surface area is 129 Å². The standard InChI is InChI=1S/C15H20N4O3/c1-11(20)17-10-12-9-13(14-5-3-8-22-14)19-15(18-12)16-6-4-7-21-2/h3,5,8-9H,4,6-7,10H2,1-2H3,(H,17,20)(H,16,18,19). The molecule has 0 aliphatic heterocycles. The predicted octanol–water partition coefficient (Wildman–Crippen LogP) is 1.82. The van der Waals surface area contributed by atoms with Gasteiger partial charge in [0.2, 0.25) is 11.9 Å².